The van der Waals surface area contributed by atoms with Gasteiger partial charge in [0.1, 0.15) is 5.75 Å². The predicted octanol–water partition coefficient (Wildman–Crippen LogP) is 1.14. The number of β-amino-alcohol motifs (C(OH)–C–C–N with tert-alkyl or cyclic N) is 1. The van der Waals surface area contributed by atoms with E-state index in [1.54, 1.807) is 18.1 Å². The van der Waals surface area contributed by atoms with Crippen molar-refractivity contribution in [3.8, 4) is 5.75 Å². The van der Waals surface area contributed by atoms with E-state index in [9.17, 15) is 9.90 Å². The molecule has 116 valence electrons. The Labute approximate surface area is 126 Å². The Balaban J connectivity index is 2.21. The molecule has 1 saturated heterocycles. The minimum Gasteiger partial charge on any atom is -0.496 e. The number of aliphatic hydroxyl groups excluding tert-OH is 1. The Kier molecular flexibility index (Phi) is 4.85. The zero-order valence-electron chi connectivity index (χ0n) is 13.2. The quantitative estimate of drug-likeness (QED) is 0.904. The van der Waals surface area contributed by atoms with E-state index >= 15 is 0 Å². The average molecular weight is 292 g/mol. The van der Waals surface area contributed by atoms with E-state index in [1.165, 1.54) is 0 Å². The van der Waals surface area contributed by atoms with Crippen LogP contribution in [0.25, 0.3) is 0 Å². The Bertz CT molecular complexity index is 516. The molecule has 0 saturated carbocycles. The van der Waals surface area contributed by atoms with Crippen molar-refractivity contribution in [1.82, 2.24) is 9.80 Å². The standard InChI is InChI=1S/C16H24N2O3/c1-11-5-6-12(7-15(11)21-4)16(20)18-10-14(19)8-13(18)9-17(2)3/h5-7,13-14,19H,8-10H2,1-4H3. The molecule has 2 atom stereocenters. The topological polar surface area (TPSA) is 53.0 Å². The van der Waals surface area contributed by atoms with Gasteiger partial charge in [-0.3, -0.25) is 4.79 Å². The van der Waals surface area contributed by atoms with Gasteiger partial charge in [0, 0.05) is 24.7 Å². The van der Waals surface area contributed by atoms with Crippen LogP contribution in [0.5, 0.6) is 5.75 Å². The first-order valence-electron chi connectivity index (χ1n) is 7.20. The fourth-order valence-corrected chi connectivity index (χ4v) is 2.85. The van der Waals surface area contributed by atoms with Crippen LogP contribution in [-0.2, 0) is 0 Å². The summed E-state index contributed by atoms with van der Waals surface area (Å²) < 4.78 is 5.28. The number of methoxy groups -OCH3 is 1. The highest BCUT2D eigenvalue weighted by Crippen LogP contribution is 2.24. The second-order valence-electron chi connectivity index (χ2n) is 5.95. The molecule has 21 heavy (non-hydrogen) atoms. The number of aliphatic hydroxyl groups is 1. The predicted molar refractivity (Wildman–Crippen MR) is 81.7 cm³/mol. The molecule has 1 heterocycles. The first-order valence-corrected chi connectivity index (χ1v) is 7.20. The van der Waals surface area contributed by atoms with Crippen molar-refractivity contribution in [1.29, 1.82) is 0 Å². The molecule has 1 N–H and O–H groups in total. The SMILES string of the molecule is COc1cc(C(=O)N2CC(O)CC2CN(C)C)ccc1C. The number of rotatable bonds is 4. The summed E-state index contributed by atoms with van der Waals surface area (Å²) in [4.78, 5) is 16.5. The summed E-state index contributed by atoms with van der Waals surface area (Å²) in [6, 6.07) is 5.53. The minimum absolute atomic E-state index is 0.0447. The molecule has 1 aromatic carbocycles. The maximum absolute atomic E-state index is 12.7. The Morgan fingerprint density at radius 2 is 2.19 bits per heavy atom. The van der Waals surface area contributed by atoms with Gasteiger partial charge >= 0.3 is 0 Å². The number of carbonyl (C=O) groups is 1. The molecule has 5 heteroatoms. The van der Waals surface area contributed by atoms with Gasteiger partial charge in [-0.25, -0.2) is 0 Å². The molecule has 1 aliphatic rings. The van der Waals surface area contributed by atoms with E-state index in [4.69, 9.17) is 4.74 Å². The van der Waals surface area contributed by atoms with Crippen LogP contribution in [0.4, 0.5) is 0 Å². The number of likely N-dealkylation sites (tertiary alicyclic amines) is 1. The fraction of sp³-hybridized carbons (Fsp3) is 0.562. The van der Waals surface area contributed by atoms with Crippen molar-refractivity contribution in [3.63, 3.8) is 0 Å². The molecule has 0 aliphatic carbocycles. The normalized spacial score (nSPS) is 21.9. The third-order valence-electron chi connectivity index (χ3n) is 3.88. The molecule has 1 aliphatic heterocycles. The van der Waals surface area contributed by atoms with E-state index < -0.39 is 6.10 Å². The van der Waals surface area contributed by atoms with Crippen molar-refractivity contribution in [2.75, 3.05) is 34.3 Å². The summed E-state index contributed by atoms with van der Waals surface area (Å²) in [5.74, 6) is 0.668. The highest BCUT2D eigenvalue weighted by atomic mass is 16.5. The zero-order valence-corrected chi connectivity index (χ0v) is 13.2. The Morgan fingerprint density at radius 3 is 2.81 bits per heavy atom. The lowest BCUT2D eigenvalue weighted by Crippen LogP contribution is -2.41. The summed E-state index contributed by atoms with van der Waals surface area (Å²) in [6.07, 6.45) is 0.193. The molecule has 0 radical (unpaired) electrons. The summed E-state index contributed by atoms with van der Waals surface area (Å²) >= 11 is 0. The van der Waals surface area contributed by atoms with E-state index in [1.807, 2.05) is 38.1 Å². The number of hydrogen-bond donors (Lipinski definition) is 1. The lowest BCUT2D eigenvalue weighted by atomic mass is 10.1. The van der Waals surface area contributed by atoms with Crippen LogP contribution >= 0.6 is 0 Å². The largest absolute Gasteiger partial charge is 0.496 e. The molecule has 0 aromatic heterocycles. The highest BCUT2D eigenvalue weighted by Gasteiger charge is 2.35. The third kappa shape index (κ3) is 3.54. The smallest absolute Gasteiger partial charge is 0.254 e. The first-order chi connectivity index (χ1) is 9.92. The molecule has 0 bridgehead atoms. The van der Waals surface area contributed by atoms with Crippen molar-refractivity contribution >= 4 is 5.91 Å². The first kappa shape index (κ1) is 15.8. The van der Waals surface area contributed by atoms with Gasteiger partial charge in [-0.05, 0) is 45.1 Å². The van der Waals surface area contributed by atoms with Crippen molar-refractivity contribution in [2.45, 2.75) is 25.5 Å². The number of aryl methyl sites for hydroxylation is 1. The third-order valence-corrected chi connectivity index (χ3v) is 3.88. The van der Waals surface area contributed by atoms with Crippen molar-refractivity contribution in [2.24, 2.45) is 0 Å². The lowest BCUT2D eigenvalue weighted by molar-refractivity contribution is 0.0699. The van der Waals surface area contributed by atoms with Gasteiger partial charge in [0.25, 0.3) is 5.91 Å². The maximum atomic E-state index is 12.7. The molecular weight excluding hydrogens is 268 g/mol. The number of likely N-dealkylation sites (N-methyl/N-ethyl adjacent to an activating group) is 1. The van der Waals surface area contributed by atoms with Crippen LogP contribution in [0.3, 0.4) is 0 Å². The van der Waals surface area contributed by atoms with E-state index in [2.05, 4.69) is 0 Å². The van der Waals surface area contributed by atoms with Crippen LogP contribution in [0.1, 0.15) is 22.3 Å². The van der Waals surface area contributed by atoms with Crippen LogP contribution in [0.15, 0.2) is 18.2 Å². The summed E-state index contributed by atoms with van der Waals surface area (Å²) in [7, 11) is 5.55. The van der Waals surface area contributed by atoms with Gasteiger partial charge in [-0.15, -0.1) is 0 Å². The summed E-state index contributed by atoms with van der Waals surface area (Å²) in [5, 5.41) is 9.89. The van der Waals surface area contributed by atoms with Crippen molar-refractivity contribution in [3.05, 3.63) is 29.3 Å². The monoisotopic (exact) mass is 292 g/mol. The lowest BCUT2D eigenvalue weighted by Gasteiger charge is -2.27. The van der Waals surface area contributed by atoms with Gasteiger partial charge in [0.15, 0.2) is 0 Å². The average Bonchev–Trinajstić information content (AvgIpc) is 2.78. The Morgan fingerprint density at radius 1 is 1.48 bits per heavy atom. The molecule has 0 spiro atoms. The van der Waals surface area contributed by atoms with E-state index in [-0.39, 0.29) is 11.9 Å². The Hall–Kier alpha value is -1.59. The number of amides is 1. The van der Waals surface area contributed by atoms with Gasteiger partial charge < -0.3 is 19.6 Å². The molecule has 5 nitrogen and oxygen atoms in total. The molecule has 1 fully saturated rings. The van der Waals surface area contributed by atoms with E-state index in [0.29, 0.717) is 24.3 Å². The zero-order chi connectivity index (χ0) is 15.6. The fourth-order valence-electron chi connectivity index (χ4n) is 2.85. The second-order valence-corrected chi connectivity index (χ2v) is 5.95. The number of ether oxygens (including phenoxy) is 1. The van der Waals surface area contributed by atoms with Crippen LogP contribution in [-0.4, -0.2) is 67.3 Å². The van der Waals surface area contributed by atoms with Crippen LogP contribution in [0.2, 0.25) is 0 Å². The molecule has 2 rings (SSSR count). The highest BCUT2D eigenvalue weighted by molar-refractivity contribution is 5.95. The number of hydrogen-bond acceptors (Lipinski definition) is 4. The number of carbonyl (C=O) groups excluding carboxylic acids is 1. The molecular formula is C16H24N2O3. The van der Waals surface area contributed by atoms with Gasteiger partial charge in [0.05, 0.1) is 13.2 Å². The molecule has 2 unspecified atom stereocenters. The maximum Gasteiger partial charge on any atom is 0.254 e. The van der Waals surface area contributed by atoms with E-state index in [0.717, 1.165) is 12.1 Å². The van der Waals surface area contributed by atoms with Gasteiger partial charge in [-0.2, -0.15) is 0 Å². The second kappa shape index (κ2) is 6.45. The van der Waals surface area contributed by atoms with Crippen LogP contribution < -0.4 is 4.74 Å². The number of benzene rings is 1. The molecule has 1 amide bonds. The summed E-state index contributed by atoms with van der Waals surface area (Å²) in [6.45, 7) is 3.10. The minimum atomic E-state index is -0.439. The molecule has 1 aromatic rings. The van der Waals surface area contributed by atoms with Crippen molar-refractivity contribution < 1.29 is 14.6 Å². The van der Waals surface area contributed by atoms with Gasteiger partial charge in [0.2, 0.25) is 0 Å². The van der Waals surface area contributed by atoms with Gasteiger partial charge in [-0.1, -0.05) is 6.07 Å². The summed E-state index contributed by atoms with van der Waals surface area (Å²) in [5.41, 5.74) is 1.61. The van der Waals surface area contributed by atoms with Crippen LogP contribution in [0, 0.1) is 6.92 Å². The number of nitrogens with zero attached hydrogens (tertiary/aromatic N) is 2.